The summed E-state index contributed by atoms with van der Waals surface area (Å²) in [5.74, 6) is 0.683. The van der Waals surface area contributed by atoms with E-state index in [1.54, 1.807) is 13.1 Å². The molecular formula is C22H29N3O3. The van der Waals surface area contributed by atoms with Gasteiger partial charge in [0, 0.05) is 25.5 Å². The number of carbonyl (C=O) groups is 1. The predicted molar refractivity (Wildman–Crippen MR) is 108 cm³/mol. The summed E-state index contributed by atoms with van der Waals surface area (Å²) in [5, 5.41) is 5.78. The highest BCUT2D eigenvalue weighted by atomic mass is 16.5. The minimum Gasteiger partial charge on any atom is -0.371 e. The first-order valence-electron chi connectivity index (χ1n) is 10.4. The van der Waals surface area contributed by atoms with Crippen LogP contribution in [0.4, 0.5) is 0 Å². The summed E-state index contributed by atoms with van der Waals surface area (Å²) in [7, 11) is 1.64. The van der Waals surface area contributed by atoms with Crippen LogP contribution in [0, 0.1) is 5.92 Å². The van der Waals surface area contributed by atoms with Gasteiger partial charge in [-0.25, -0.2) is 4.68 Å². The lowest BCUT2D eigenvalue weighted by Crippen LogP contribution is -2.51. The molecular weight excluding hydrogens is 354 g/mol. The van der Waals surface area contributed by atoms with Crippen molar-refractivity contribution in [2.45, 2.75) is 57.7 Å². The van der Waals surface area contributed by atoms with Gasteiger partial charge in [-0.15, -0.1) is 0 Å². The largest absolute Gasteiger partial charge is 0.371 e. The normalized spacial score (nSPS) is 22.6. The van der Waals surface area contributed by atoms with Gasteiger partial charge in [0.25, 0.3) is 5.56 Å². The Bertz CT molecular complexity index is 919. The number of amides is 1. The molecule has 2 heterocycles. The molecule has 1 aliphatic carbocycles. The highest BCUT2D eigenvalue weighted by molar-refractivity contribution is 5.88. The number of nitrogens with zero attached hydrogens (tertiary/aromatic N) is 3. The minimum absolute atomic E-state index is 0.0757. The summed E-state index contributed by atoms with van der Waals surface area (Å²) in [6, 6.07) is 7.40. The fraction of sp³-hybridized carbons (Fsp3) is 0.591. The van der Waals surface area contributed by atoms with E-state index in [2.05, 4.69) is 12.0 Å². The van der Waals surface area contributed by atoms with Crippen LogP contribution in [-0.2, 0) is 23.0 Å². The van der Waals surface area contributed by atoms with Crippen molar-refractivity contribution < 1.29 is 9.53 Å². The van der Waals surface area contributed by atoms with E-state index >= 15 is 0 Å². The number of hydrogen-bond donors (Lipinski definition) is 0. The van der Waals surface area contributed by atoms with Gasteiger partial charge in [0.2, 0.25) is 5.91 Å². The lowest BCUT2D eigenvalue weighted by Gasteiger charge is -2.38. The SMILES string of the molecule is CCCC[C@@H]1CN(C(=O)Cc2nn(C)c(=O)c3ccccc23)C[C@H](C2CC2)O1. The van der Waals surface area contributed by atoms with Crippen LogP contribution in [0.3, 0.4) is 0 Å². The number of hydrogen-bond acceptors (Lipinski definition) is 4. The van der Waals surface area contributed by atoms with E-state index < -0.39 is 0 Å². The molecule has 28 heavy (non-hydrogen) atoms. The van der Waals surface area contributed by atoms with Crippen molar-refractivity contribution in [3.05, 3.63) is 40.3 Å². The van der Waals surface area contributed by atoms with Crippen LogP contribution in [0.25, 0.3) is 10.8 Å². The summed E-state index contributed by atoms with van der Waals surface area (Å²) >= 11 is 0. The predicted octanol–water partition coefficient (Wildman–Crippen LogP) is 2.67. The van der Waals surface area contributed by atoms with Crippen molar-refractivity contribution in [2.24, 2.45) is 13.0 Å². The standard InChI is InChI=1S/C22H29N3O3/c1-3-4-7-16-13-25(14-20(28-16)15-10-11-15)21(26)12-19-17-8-5-6-9-18(17)22(27)24(2)23-19/h5-6,8-9,15-16,20H,3-4,7,10-14H2,1-2H3/t16-,20-/m1/s1. The quantitative estimate of drug-likeness (QED) is 0.769. The second-order valence-corrected chi connectivity index (χ2v) is 8.17. The number of morpholine rings is 1. The zero-order valence-electron chi connectivity index (χ0n) is 16.8. The molecule has 1 aromatic heterocycles. The molecule has 2 atom stereocenters. The molecule has 2 aromatic rings. The summed E-state index contributed by atoms with van der Waals surface area (Å²) in [6.07, 6.45) is 6.20. The third kappa shape index (κ3) is 3.97. The second kappa shape index (κ2) is 8.03. The highest BCUT2D eigenvalue weighted by Gasteiger charge is 2.39. The molecule has 6 heteroatoms. The first kappa shape index (κ1) is 19.1. The molecule has 0 spiro atoms. The van der Waals surface area contributed by atoms with Crippen molar-refractivity contribution in [1.29, 1.82) is 0 Å². The number of benzene rings is 1. The molecule has 0 N–H and O–H groups in total. The number of aryl methyl sites for hydroxylation is 1. The average molecular weight is 383 g/mol. The fourth-order valence-corrected chi connectivity index (χ4v) is 4.16. The molecule has 0 bridgehead atoms. The van der Waals surface area contributed by atoms with Crippen LogP contribution in [0.15, 0.2) is 29.1 Å². The number of rotatable bonds is 6. The molecule has 1 aliphatic heterocycles. The van der Waals surface area contributed by atoms with Gasteiger partial charge in [0.1, 0.15) is 0 Å². The summed E-state index contributed by atoms with van der Waals surface area (Å²) in [6.45, 7) is 3.52. The van der Waals surface area contributed by atoms with Crippen molar-refractivity contribution in [1.82, 2.24) is 14.7 Å². The van der Waals surface area contributed by atoms with Crippen molar-refractivity contribution in [3.8, 4) is 0 Å². The lowest BCUT2D eigenvalue weighted by molar-refractivity contribution is -0.147. The zero-order valence-corrected chi connectivity index (χ0v) is 16.8. The Morgan fingerprint density at radius 2 is 1.96 bits per heavy atom. The van der Waals surface area contributed by atoms with Crippen LogP contribution < -0.4 is 5.56 Å². The van der Waals surface area contributed by atoms with E-state index in [0.29, 0.717) is 30.1 Å². The molecule has 2 fully saturated rings. The first-order chi connectivity index (χ1) is 13.6. The van der Waals surface area contributed by atoms with E-state index in [-0.39, 0.29) is 30.1 Å². The summed E-state index contributed by atoms with van der Waals surface area (Å²) < 4.78 is 7.63. The smallest absolute Gasteiger partial charge is 0.274 e. The Balaban J connectivity index is 1.55. The van der Waals surface area contributed by atoms with Crippen LogP contribution >= 0.6 is 0 Å². The Labute approximate surface area is 165 Å². The molecule has 1 saturated heterocycles. The van der Waals surface area contributed by atoms with Gasteiger partial charge in [-0.3, -0.25) is 9.59 Å². The van der Waals surface area contributed by atoms with Crippen LogP contribution in [0.2, 0.25) is 0 Å². The maximum absolute atomic E-state index is 13.2. The molecule has 150 valence electrons. The van der Waals surface area contributed by atoms with Crippen LogP contribution in [0.5, 0.6) is 0 Å². The van der Waals surface area contributed by atoms with E-state index in [1.165, 1.54) is 17.5 Å². The van der Waals surface area contributed by atoms with Gasteiger partial charge >= 0.3 is 0 Å². The number of fused-ring (bicyclic) bond motifs is 1. The van der Waals surface area contributed by atoms with Gasteiger partial charge in [-0.1, -0.05) is 38.0 Å². The highest BCUT2D eigenvalue weighted by Crippen LogP contribution is 2.37. The number of aromatic nitrogens is 2. The average Bonchev–Trinajstić information content (AvgIpc) is 3.55. The van der Waals surface area contributed by atoms with Gasteiger partial charge in [0.05, 0.1) is 29.7 Å². The van der Waals surface area contributed by atoms with Gasteiger partial charge in [-0.05, 0) is 31.2 Å². The summed E-state index contributed by atoms with van der Waals surface area (Å²) in [5.41, 5.74) is 0.536. The third-order valence-corrected chi connectivity index (χ3v) is 5.92. The van der Waals surface area contributed by atoms with Gasteiger partial charge < -0.3 is 9.64 Å². The number of carbonyl (C=O) groups excluding carboxylic acids is 1. The van der Waals surface area contributed by atoms with E-state index in [4.69, 9.17) is 4.74 Å². The van der Waals surface area contributed by atoms with E-state index in [9.17, 15) is 9.59 Å². The molecule has 6 nitrogen and oxygen atoms in total. The zero-order chi connectivity index (χ0) is 19.7. The molecule has 1 amide bonds. The minimum atomic E-state index is -0.133. The Hall–Kier alpha value is -2.21. The monoisotopic (exact) mass is 383 g/mol. The first-order valence-corrected chi connectivity index (χ1v) is 10.4. The Kier molecular flexibility index (Phi) is 5.49. The van der Waals surface area contributed by atoms with Crippen LogP contribution in [-0.4, -0.2) is 45.9 Å². The fourth-order valence-electron chi connectivity index (χ4n) is 4.16. The van der Waals surface area contributed by atoms with Gasteiger partial charge in [0.15, 0.2) is 0 Å². The maximum Gasteiger partial charge on any atom is 0.274 e. The van der Waals surface area contributed by atoms with E-state index in [1.807, 2.05) is 23.1 Å². The molecule has 2 aliphatic rings. The third-order valence-electron chi connectivity index (χ3n) is 5.92. The lowest BCUT2D eigenvalue weighted by atomic mass is 10.0. The molecule has 1 saturated carbocycles. The molecule has 4 rings (SSSR count). The Morgan fingerprint density at radius 3 is 2.68 bits per heavy atom. The number of ether oxygens (including phenoxy) is 1. The second-order valence-electron chi connectivity index (χ2n) is 8.17. The van der Waals surface area contributed by atoms with Crippen molar-refractivity contribution in [3.63, 3.8) is 0 Å². The van der Waals surface area contributed by atoms with Gasteiger partial charge in [-0.2, -0.15) is 5.10 Å². The Morgan fingerprint density at radius 1 is 1.21 bits per heavy atom. The van der Waals surface area contributed by atoms with Crippen molar-refractivity contribution >= 4 is 16.7 Å². The number of unbranched alkanes of at least 4 members (excludes halogenated alkanes) is 1. The topological polar surface area (TPSA) is 64.4 Å². The molecule has 0 unspecified atom stereocenters. The molecule has 1 aromatic carbocycles. The maximum atomic E-state index is 13.2. The van der Waals surface area contributed by atoms with E-state index in [0.717, 1.165) is 24.6 Å². The summed E-state index contributed by atoms with van der Waals surface area (Å²) in [4.78, 5) is 27.4. The van der Waals surface area contributed by atoms with Crippen molar-refractivity contribution in [2.75, 3.05) is 13.1 Å². The van der Waals surface area contributed by atoms with Crippen LogP contribution in [0.1, 0.15) is 44.7 Å². The molecule has 0 radical (unpaired) electrons.